The molecule has 0 aromatic heterocycles. The Morgan fingerprint density at radius 3 is 2.53 bits per heavy atom. The number of rotatable bonds is 0. The number of imide groups is 1. The summed E-state index contributed by atoms with van der Waals surface area (Å²) in [5, 5.41) is 9.11. The lowest BCUT2D eigenvalue weighted by Crippen LogP contribution is -2.39. The van der Waals surface area contributed by atoms with Crippen LogP contribution in [0.5, 0.6) is 0 Å². The zero-order chi connectivity index (χ0) is 13.0. The number of nitrogens with zero attached hydrogens (tertiary/aromatic N) is 1. The largest absolute Gasteiger partial charge is 0.464 e. The number of anilines is 2. The number of amides is 2. The minimum absolute atomic E-state index is 0.380. The van der Waals surface area contributed by atoms with Gasteiger partial charge in [-0.25, -0.2) is 9.69 Å². The molecule has 17 heavy (non-hydrogen) atoms. The first-order valence-electron chi connectivity index (χ1n) is 5.25. The van der Waals surface area contributed by atoms with E-state index in [-0.39, 0.29) is 0 Å². The van der Waals surface area contributed by atoms with E-state index in [9.17, 15) is 9.59 Å². The molecule has 0 bridgehead atoms. The van der Waals surface area contributed by atoms with E-state index in [1.807, 2.05) is 6.92 Å². The van der Waals surface area contributed by atoms with Gasteiger partial charge in [-0.2, -0.15) is 0 Å². The lowest BCUT2D eigenvalue weighted by molar-refractivity contribution is -0.121. The Labute approximate surface area is 98.8 Å². The van der Waals surface area contributed by atoms with Crippen molar-refractivity contribution in [3.8, 4) is 0 Å². The Morgan fingerprint density at radius 2 is 2.00 bits per heavy atom. The van der Waals surface area contributed by atoms with Crippen molar-refractivity contribution in [2.45, 2.75) is 26.2 Å². The average Bonchev–Trinajstić information content (AvgIpc) is 2.33. The van der Waals surface area contributed by atoms with Crippen LogP contribution in [0.4, 0.5) is 16.2 Å². The maximum Gasteiger partial charge on any atom is 0.418 e. The molecule has 90 valence electrons. The van der Waals surface area contributed by atoms with Gasteiger partial charge >= 0.3 is 6.09 Å². The molecule has 0 aliphatic carbocycles. The molecule has 1 aromatic rings. The van der Waals surface area contributed by atoms with Gasteiger partial charge in [-0.1, -0.05) is 0 Å². The van der Waals surface area contributed by atoms with Crippen molar-refractivity contribution in [2.24, 2.45) is 0 Å². The van der Waals surface area contributed by atoms with E-state index in [2.05, 4.69) is 0 Å². The molecular formula is C12H14N2O3. The maximum absolute atomic E-state index is 12.1. The molecule has 1 aliphatic heterocycles. The summed E-state index contributed by atoms with van der Waals surface area (Å²) in [5.41, 5.74) is 7.28. The van der Waals surface area contributed by atoms with Gasteiger partial charge in [-0.3, -0.25) is 4.79 Å². The number of benzene rings is 1. The van der Waals surface area contributed by atoms with Crippen LogP contribution in [0, 0.1) is 6.92 Å². The van der Waals surface area contributed by atoms with Gasteiger partial charge in [0.05, 0.1) is 11.1 Å². The minimum atomic E-state index is -1.27. The fourth-order valence-electron chi connectivity index (χ4n) is 2.47. The van der Waals surface area contributed by atoms with E-state index in [1.54, 1.807) is 19.9 Å². The van der Waals surface area contributed by atoms with Gasteiger partial charge in [-0.15, -0.1) is 0 Å². The zero-order valence-electron chi connectivity index (χ0n) is 9.94. The van der Waals surface area contributed by atoms with Crippen molar-refractivity contribution in [2.75, 3.05) is 10.6 Å². The zero-order valence-corrected chi connectivity index (χ0v) is 9.94. The van der Waals surface area contributed by atoms with Crippen LogP contribution in [0.15, 0.2) is 12.1 Å². The Balaban J connectivity index is 2.79. The number of hydrogen-bond acceptors (Lipinski definition) is 3. The van der Waals surface area contributed by atoms with Crippen molar-refractivity contribution in [1.29, 1.82) is 0 Å². The molecule has 5 nitrogen and oxygen atoms in total. The predicted octanol–water partition coefficient (Wildman–Crippen LogP) is 1.88. The first kappa shape index (κ1) is 11.4. The molecule has 3 N–H and O–H groups in total. The maximum atomic E-state index is 12.1. The van der Waals surface area contributed by atoms with E-state index in [4.69, 9.17) is 10.8 Å². The highest BCUT2D eigenvalue weighted by molar-refractivity contribution is 6.20. The third-order valence-electron chi connectivity index (χ3n) is 3.13. The average molecular weight is 234 g/mol. The number of nitrogen functional groups attached to an aromatic ring is 1. The number of carboxylic acid groups (broad SMARTS) is 1. The lowest BCUT2D eigenvalue weighted by atomic mass is 9.83. The van der Waals surface area contributed by atoms with Crippen molar-refractivity contribution in [3.63, 3.8) is 0 Å². The second kappa shape index (κ2) is 3.23. The minimum Gasteiger partial charge on any atom is -0.464 e. The van der Waals surface area contributed by atoms with Crippen LogP contribution >= 0.6 is 0 Å². The van der Waals surface area contributed by atoms with Crippen molar-refractivity contribution in [1.82, 2.24) is 0 Å². The van der Waals surface area contributed by atoms with Crippen LogP contribution in [-0.2, 0) is 10.2 Å². The SMILES string of the molecule is Cc1cc(N)cc2c1C(C)(C)C(=O)N2C(=O)O. The summed E-state index contributed by atoms with van der Waals surface area (Å²) in [7, 11) is 0. The molecule has 2 rings (SSSR count). The molecule has 5 heteroatoms. The molecule has 0 fully saturated rings. The van der Waals surface area contributed by atoms with Crippen LogP contribution in [0.3, 0.4) is 0 Å². The molecule has 1 aliphatic rings. The highest BCUT2D eigenvalue weighted by atomic mass is 16.4. The Hall–Kier alpha value is -2.04. The third-order valence-corrected chi connectivity index (χ3v) is 3.13. The number of nitrogens with two attached hydrogens (primary N) is 1. The first-order chi connectivity index (χ1) is 7.76. The quantitative estimate of drug-likeness (QED) is 0.671. The number of fused-ring (bicyclic) bond motifs is 1. The second-order valence-electron chi connectivity index (χ2n) is 4.78. The molecule has 0 atom stereocenters. The van der Waals surface area contributed by atoms with Crippen LogP contribution in [0.2, 0.25) is 0 Å². The Morgan fingerprint density at radius 1 is 1.41 bits per heavy atom. The van der Waals surface area contributed by atoms with Crippen LogP contribution in [-0.4, -0.2) is 17.1 Å². The lowest BCUT2D eigenvalue weighted by Gasteiger charge is -2.17. The number of carbonyl (C=O) groups is 2. The van der Waals surface area contributed by atoms with E-state index >= 15 is 0 Å². The summed E-state index contributed by atoms with van der Waals surface area (Å²) in [6.07, 6.45) is -1.27. The summed E-state index contributed by atoms with van der Waals surface area (Å²) in [6, 6.07) is 3.28. The summed E-state index contributed by atoms with van der Waals surface area (Å²) < 4.78 is 0. The number of hydrogen-bond donors (Lipinski definition) is 2. The summed E-state index contributed by atoms with van der Waals surface area (Å²) >= 11 is 0. The molecule has 0 saturated heterocycles. The monoisotopic (exact) mass is 234 g/mol. The first-order valence-corrected chi connectivity index (χ1v) is 5.25. The summed E-state index contributed by atoms with van der Waals surface area (Å²) in [6.45, 7) is 5.27. The molecule has 2 amide bonds. The number of carbonyl (C=O) groups excluding carboxylic acids is 1. The highest BCUT2D eigenvalue weighted by Gasteiger charge is 2.47. The van der Waals surface area contributed by atoms with E-state index in [0.29, 0.717) is 11.4 Å². The van der Waals surface area contributed by atoms with Gasteiger partial charge in [0.2, 0.25) is 5.91 Å². The topological polar surface area (TPSA) is 83.6 Å². The smallest absolute Gasteiger partial charge is 0.418 e. The second-order valence-corrected chi connectivity index (χ2v) is 4.78. The molecular weight excluding hydrogens is 220 g/mol. The molecule has 0 radical (unpaired) electrons. The third kappa shape index (κ3) is 1.39. The van der Waals surface area contributed by atoms with Gasteiger partial charge in [0, 0.05) is 5.69 Å². The number of aryl methyl sites for hydroxylation is 1. The summed E-state index contributed by atoms with van der Waals surface area (Å²) in [4.78, 5) is 24.0. The van der Waals surface area contributed by atoms with Gasteiger partial charge in [-0.05, 0) is 44.0 Å². The highest BCUT2D eigenvalue weighted by Crippen LogP contribution is 2.44. The van der Waals surface area contributed by atoms with Crippen LogP contribution in [0.25, 0.3) is 0 Å². The van der Waals surface area contributed by atoms with E-state index in [0.717, 1.165) is 16.0 Å². The standard InChI is InChI=1S/C12H14N2O3/c1-6-4-7(13)5-8-9(6)12(2,3)10(15)14(8)11(16)17/h4-5H,13H2,1-3H3,(H,16,17). The Bertz CT molecular complexity index is 535. The van der Waals surface area contributed by atoms with Crippen LogP contribution in [0.1, 0.15) is 25.0 Å². The fourth-order valence-corrected chi connectivity index (χ4v) is 2.47. The van der Waals surface area contributed by atoms with E-state index in [1.165, 1.54) is 6.07 Å². The molecule has 0 unspecified atom stereocenters. The van der Waals surface area contributed by atoms with E-state index < -0.39 is 17.4 Å². The van der Waals surface area contributed by atoms with Crippen molar-refractivity contribution in [3.05, 3.63) is 23.3 Å². The van der Waals surface area contributed by atoms with Gasteiger partial charge < -0.3 is 10.8 Å². The van der Waals surface area contributed by atoms with Gasteiger partial charge in [0.1, 0.15) is 0 Å². The molecule has 0 saturated carbocycles. The molecule has 0 spiro atoms. The molecule has 1 aromatic carbocycles. The normalized spacial score (nSPS) is 17.1. The van der Waals surface area contributed by atoms with Gasteiger partial charge in [0.15, 0.2) is 0 Å². The van der Waals surface area contributed by atoms with Crippen molar-refractivity contribution >= 4 is 23.4 Å². The van der Waals surface area contributed by atoms with Crippen LogP contribution < -0.4 is 10.6 Å². The van der Waals surface area contributed by atoms with Crippen molar-refractivity contribution < 1.29 is 14.7 Å². The van der Waals surface area contributed by atoms with Gasteiger partial charge in [0.25, 0.3) is 0 Å². The molecule has 1 heterocycles. The summed E-state index contributed by atoms with van der Waals surface area (Å²) in [5.74, 6) is -0.436. The Kier molecular flexibility index (Phi) is 2.17. The fraction of sp³-hybridized carbons (Fsp3) is 0.333. The predicted molar refractivity (Wildman–Crippen MR) is 64.1 cm³/mol.